The van der Waals surface area contributed by atoms with Crippen LogP contribution in [-0.2, 0) is 0 Å². The highest BCUT2D eigenvalue weighted by Crippen LogP contribution is 2.36. The van der Waals surface area contributed by atoms with E-state index in [-0.39, 0.29) is 11.1 Å². The molecular formula is C31H22N4O2S. The highest BCUT2D eigenvalue weighted by molar-refractivity contribution is 7.14. The molecule has 0 spiro atoms. The normalized spacial score (nSPS) is 10.2. The summed E-state index contributed by atoms with van der Waals surface area (Å²) < 4.78 is 10.7. The van der Waals surface area contributed by atoms with Gasteiger partial charge in [-0.2, -0.15) is 15.8 Å². The number of allylic oxidation sites excluding steroid dienone is 2. The molecule has 0 bridgehead atoms. The lowest BCUT2D eigenvalue weighted by Crippen LogP contribution is -2.09. The summed E-state index contributed by atoms with van der Waals surface area (Å²) in [6.45, 7) is 0. The van der Waals surface area contributed by atoms with Gasteiger partial charge in [-0.15, -0.1) is 11.3 Å². The fraction of sp³-hybridized carbons (Fsp3) is 0.0645. The van der Waals surface area contributed by atoms with Gasteiger partial charge in [0.1, 0.15) is 35.3 Å². The minimum Gasteiger partial charge on any atom is -0.497 e. The van der Waals surface area contributed by atoms with E-state index in [4.69, 9.17) is 20.0 Å². The molecule has 0 aliphatic rings. The summed E-state index contributed by atoms with van der Waals surface area (Å²) in [5.41, 5.74) is 3.88. The molecule has 0 aliphatic carbocycles. The zero-order valence-corrected chi connectivity index (χ0v) is 21.6. The molecular weight excluding hydrogens is 492 g/mol. The monoisotopic (exact) mass is 514 g/mol. The fourth-order valence-electron chi connectivity index (χ4n) is 3.77. The van der Waals surface area contributed by atoms with Gasteiger partial charge in [-0.05, 0) is 84.4 Å². The Balaban J connectivity index is 1.61. The molecule has 0 saturated heterocycles. The molecule has 1 heterocycles. The van der Waals surface area contributed by atoms with Crippen molar-refractivity contribution >= 4 is 46.1 Å². The van der Waals surface area contributed by atoms with E-state index in [9.17, 15) is 5.26 Å². The zero-order chi connectivity index (χ0) is 26.9. The van der Waals surface area contributed by atoms with Gasteiger partial charge in [0.05, 0.1) is 19.8 Å². The van der Waals surface area contributed by atoms with Gasteiger partial charge in [0.15, 0.2) is 0 Å². The Morgan fingerprint density at radius 3 is 1.61 bits per heavy atom. The topological polar surface area (TPSA) is 93.1 Å². The maximum absolute atomic E-state index is 9.38. The van der Waals surface area contributed by atoms with Crippen molar-refractivity contribution in [3.63, 3.8) is 0 Å². The minimum atomic E-state index is -0.182. The smallest absolute Gasteiger partial charge is 0.148 e. The first-order valence-corrected chi connectivity index (χ1v) is 12.3. The first kappa shape index (κ1) is 25.8. The molecule has 6 nitrogen and oxygen atoms in total. The molecule has 0 radical (unpaired) electrons. The largest absolute Gasteiger partial charge is 0.497 e. The van der Waals surface area contributed by atoms with E-state index in [2.05, 4.69) is 17.0 Å². The number of ether oxygens (including phenoxy) is 2. The minimum absolute atomic E-state index is 0.0983. The second-order valence-corrected chi connectivity index (χ2v) is 9.06. The first-order valence-electron chi connectivity index (χ1n) is 11.5. The zero-order valence-electron chi connectivity index (χ0n) is 20.8. The van der Waals surface area contributed by atoms with Crippen LogP contribution in [0.5, 0.6) is 11.5 Å². The van der Waals surface area contributed by atoms with Crippen molar-refractivity contribution < 1.29 is 9.47 Å². The van der Waals surface area contributed by atoms with Crippen molar-refractivity contribution in [3.8, 4) is 29.7 Å². The van der Waals surface area contributed by atoms with E-state index >= 15 is 0 Å². The van der Waals surface area contributed by atoms with Gasteiger partial charge in [-0.1, -0.05) is 18.2 Å². The number of methoxy groups -OCH3 is 2. The number of thiophene rings is 1. The number of hydrogen-bond acceptors (Lipinski definition) is 7. The molecule has 0 fully saturated rings. The van der Waals surface area contributed by atoms with E-state index in [1.807, 2.05) is 85.0 Å². The Labute approximate surface area is 225 Å². The lowest BCUT2D eigenvalue weighted by Gasteiger charge is -2.26. The van der Waals surface area contributed by atoms with Gasteiger partial charge in [-0.3, -0.25) is 0 Å². The second-order valence-electron chi connectivity index (χ2n) is 7.94. The molecule has 0 unspecified atom stereocenters. The predicted molar refractivity (Wildman–Crippen MR) is 151 cm³/mol. The SMILES string of the molecule is COc1ccc(N(c2ccc(/C=C/c3ccc(C(C#N)=C(C#N)C#N)s3)cc2)c2ccc(OC)cc2)cc1. The summed E-state index contributed by atoms with van der Waals surface area (Å²) in [4.78, 5) is 3.65. The highest BCUT2D eigenvalue weighted by Gasteiger charge is 2.13. The number of nitrogens with zero attached hydrogens (tertiary/aromatic N) is 4. The van der Waals surface area contributed by atoms with Crippen LogP contribution in [0.2, 0.25) is 0 Å². The van der Waals surface area contributed by atoms with Gasteiger partial charge in [-0.25, -0.2) is 0 Å². The third kappa shape index (κ3) is 5.74. The first-order chi connectivity index (χ1) is 18.6. The average Bonchev–Trinajstić information content (AvgIpc) is 3.45. The number of anilines is 3. The Kier molecular flexibility index (Phi) is 8.21. The molecule has 3 aromatic carbocycles. The third-order valence-electron chi connectivity index (χ3n) is 5.71. The van der Waals surface area contributed by atoms with E-state index in [0.29, 0.717) is 4.88 Å². The molecule has 38 heavy (non-hydrogen) atoms. The van der Waals surface area contributed by atoms with Crippen LogP contribution < -0.4 is 14.4 Å². The number of rotatable bonds is 8. The van der Waals surface area contributed by atoms with Gasteiger partial charge in [0.2, 0.25) is 0 Å². The van der Waals surface area contributed by atoms with Crippen LogP contribution in [-0.4, -0.2) is 14.2 Å². The van der Waals surface area contributed by atoms with Gasteiger partial charge in [0, 0.05) is 26.8 Å². The number of benzene rings is 3. The Morgan fingerprint density at radius 2 is 1.16 bits per heavy atom. The molecule has 0 amide bonds. The Bertz CT molecular complexity index is 1530. The lowest BCUT2D eigenvalue weighted by atomic mass is 10.1. The summed E-state index contributed by atoms with van der Waals surface area (Å²) in [5.74, 6) is 1.57. The molecule has 0 N–H and O–H groups in total. The summed E-state index contributed by atoms with van der Waals surface area (Å²) in [6, 6.07) is 33.1. The van der Waals surface area contributed by atoms with E-state index in [1.54, 1.807) is 32.4 Å². The van der Waals surface area contributed by atoms with Crippen LogP contribution in [0.25, 0.3) is 17.7 Å². The van der Waals surface area contributed by atoms with Crippen molar-refractivity contribution in [3.05, 3.63) is 106 Å². The maximum atomic E-state index is 9.38. The van der Waals surface area contributed by atoms with Crippen molar-refractivity contribution in [1.29, 1.82) is 15.8 Å². The van der Waals surface area contributed by atoms with Crippen LogP contribution in [0.3, 0.4) is 0 Å². The quantitative estimate of drug-likeness (QED) is 0.223. The second kappa shape index (κ2) is 12.1. The van der Waals surface area contributed by atoms with Gasteiger partial charge < -0.3 is 14.4 Å². The van der Waals surface area contributed by atoms with Crippen LogP contribution in [0.1, 0.15) is 15.3 Å². The van der Waals surface area contributed by atoms with Gasteiger partial charge >= 0.3 is 0 Å². The average molecular weight is 515 g/mol. The Hall–Kier alpha value is -5.29. The summed E-state index contributed by atoms with van der Waals surface area (Å²) in [7, 11) is 3.29. The summed E-state index contributed by atoms with van der Waals surface area (Å²) >= 11 is 1.35. The third-order valence-corrected chi connectivity index (χ3v) is 6.78. The molecule has 4 aromatic rings. The lowest BCUT2D eigenvalue weighted by molar-refractivity contribution is 0.415. The van der Waals surface area contributed by atoms with E-state index in [0.717, 1.165) is 39.0 Å². The molecule has 0 atom stereocenters. The van der Waals surface area contributed by atoms with Crippen LogP contribution in [0.4, 0.5) is 17.1 Å². The molecule has 4 rings (SSSR count). The van der Waals surface area contributed by atoms with Crippen molar-refractivity contribution in [2.45, 2.75) is 0 Å². The molecule has 7 heteroatoms. The van der Waals surface area contributed by atoms with Crippen LogP contribution in [0, 0.1) is 34.0 Å². The number of hydrogen-bond donors (Lipinski definition) is 0. The summed E-state index contributed by atoms with van der Waals surface area (Å²) in [5, 5.41) is 27.6. The predicted octanol–water partition coefficient (Wildman–Crippen LogP) is 7.73. The molecule has 184 valence electrons. The molecule has 1 aromatic heterocycles. The van der Waals surface area contributed by atoms with E-state index < -0.39 is 0 Å². The van der Waals surface area contributed by atoms with Crippen LogP contribution in [0.15, 0.2) is 90.5 Å². The Morgan fingerprint density at radius 1 is 0.658 bits per heavy atom. The van der Waals surface area contributed by atoms with Crippen molar-refractivity contribution in [2.24, 2.45) is 0 Å². The fourth-order valence-corrected chi connectivity index (χ4v) is 4.68. The van der Waals surface area contributed by atoms with E-state index in [1.165, 1.54) is 11.3 Å². The van der Waals surface area contributed by atoms with Crippen molar-refractivity contribution in [2.75, 3.05) is 19.1 Å². The standard InChI is InChI=1S/C31H22N4O2S/c1-36-27-12-8-25(9-13-27)35(26-10-14-28(37-2)15-11-26)24-6-3-22(4-7-24)5-16-29-17-18-31(38-29)30(21-34)23(19-32)20-33/h3-18H,1-2H3/b16-5+. The maximum Gasteiger partial charge on any atom is 0.148 e. The summed E-state index contributed by atoms with van der Waals surface area (Å²) in [6.07, 6.45) is 3.93. The van der Waals surface area contributed by atoms with Crippen molar-refractivity contribution in [1.82, 2.24) is 0 Å². The van der Waals surface area contributed by atoms with Crippen LogP contribution >= 0.6 is 11.3 Å². The molecule has 0 aliphatic heterocycles. The van der Waals surface area contributed by atoms with Gasteiger partial charge in [0.25, 0.3) is 0 Å². The number of nitriles is 3. The molecule has 0 saturated carbocycles. The highest BCUT2D eigenvalue weighted by atomic mass is 32.1.